The summed E-state index contributed by atoms with van der Waals surface area (Å²) < 4.78 is 40.6. The van der Waals surface area contributed by atoms with Gasteiger partial charge in [-0.25, -0.2) is 4.79 Å². The third-order valence-electron chi connectivity index (χ3n) is 1.94. The molecule has 0 heterocycles. The summed E-state index contributed by atoms with van der Waals surface area (Å²) in [5.41, 5.74) is -0.0133. The van der Waals surface area contributed by atoms with Crippen molar-refractivity contribution in [3.63, 3.8) is 0 Å². The quantitative estimate of drug-likeness (QED) is 0.623. The van der Waals surface area contributed by atoms with E-state index >= 15 is 0 Å². The molecule has 0 fully saturated rings. The van der Waals surface area contributed by atoms with Gasteiger partial charge in [-0.2, -0.15) is 13.2 Å². The van der Waals surface area contributed by atoms with E-state index in [0.717, 1.165) is 5.32 Å². The molecule has 0 rings (SSSR count). The SMILES string of the molecule is C=C(C)C(=O)OC(C(=O)NC(=O)C(F)(F)F)C(C)C. The molecule has 2 amide bonds. The van der Waals surface area contributed by atoms with Crippen LogP contribution in [-0.2, 0) is 19.1 Å². The Balaban J connectivity index is 4.83. The van der Waals surface area contributed by atoms with Gasteiger partial charge in [-0.1, -0.05) is 20.4 Å². The van der Waals surface area contributed by atoms with Gasteiger partial charge in [0, 0.05) is 5.57 Å². The van der Waals surface area contributed by atoms with Crippen molar-refractivity contribution in [1.82, 2.24) is 5.32 Å². The molecule has 0 aliphatic rings. The molecule has 0 aromatic rings. The molecule has 0 saturated heterocycles. The van der Waals surface area contributed by atoms with Crippen LogP contribution in [0.3, 0.4) is 0 Å². The molecule has 0 aliphatic heterocycles. The van der Waals surface area contributed by atoms with Crippen molar-refractivity contribution < 1.29 is 32.3 Å². The number of carbonyl (C=O) groups is 3. The van der Waals surface area contributed by atoms with Gasteiger partial charge in [-0.05, 0) is 12.8 Å². The Morgan fingerprint density at radius 1 is 1.21 bits per heavy atom. The highest BCUT2D eigenvalue weighted by Gasteiger charge is 2.41. The largest absolute Gasteiger partial charge is 0.471 e. The summed E-state index contributed by atoms with van der Waals surface area (Å²) >= 11 is 0. The third-order valence-corrected chi connectivity index (χ3v) is 1.94. The second-order valence-electron chi connectivity index (χ2n) is 4.17. The molecule has 0 aliphatic carbocycles. The maximum absolute atomic E-state index is 12.0. The van der Waals surface area contributed by atoms with E-state index in [2.05, 4.69) is 11.3 Å². The van der Waals surface area contributed by atoms with E-state index in [4.69, 9.17) is 0 Å². The van der Waals surface area contributed by atoms with Gasteiger partial charge in [0.1, 0.15) is 0 Å². The molecule has 1 unspecified atom stereocenters. The summed E-state index contributed by atoms with van der Waals surface area (Å²) in [6, 6.07) is 0. The van der Waals surface area contributed by atoms with E-state index in [9.17, 15) is 27.6 Å². The lowest BCUT2D eigenvalue weighted by Gasteiger charge is -2.20. The van der Waals surface area contributed by atoms with Crippen molar-refractivity contribution in [2.45, 2.75) is 33.1 Å². The van der Waals surface area contributed by atoms with Gasteiger partial charge in [-0.15, -0.1) is 0 Å². The van der Waals surface area contributed by atoms with Gasteiger partial charge in [0.15, 0.2) is 6.10 Å². The fraction of sp³-hybridized carbons (Fsp3) is 0.545. The zero-order valence-electron chi connectivity index (χ0n) is 10.6. The van der Waals surface area contributed by atoms with Crippen LogP contribution in [-0.4, -0.2) is 30.1 Å². The molecule has 0 bridgehead atoms. The number of nitrogens with one attached hydrogen (secondary N) is 1. The lowest BCUT2D eigenvalue weighted by molar-refractivity contribution is -0.177. The number of halogens is 3. The minimum Gasteiger partial charge on any atom is -0.449 e. The second kappa shape index (κ2) is 6.35. The monoisotopic (exact) mass is 281 g/mol. The minimum atomic E-state index is -5.18. The Hall–Kier alpha value is -1.86. The summed E-state index contributed by atoms with van der Waals surface area (Å²) in [6.45, 7) is 7.50. The highest BCUT2D eigenvalue weighted by atomic mass is 19.4. The van der Waals surface area contributed by atoms with Gasteiger partial charge < -0.3 is 4.74 Å². The normalized spacial score (nSPS) is 12.8. The first-order valence-corrected chi connectivity index (χ1v) is 5.25. The fourth-order valence-electron chi connectivity index (χ4n) is 0.962. The number of hydrogen-bond acceptors (Lipinski definition) is 4. The molecule has 1 N–H and O–H groups in total. The maximum Gasteiger partial charge on any atom is 0.471 e. The average Bonchev–Trinajstić information content (AvgIpc) is 2.22. The molecule has 0 aromatic heterocycles. The second-order valence-corrected chi connectivity index (χ2v) is 4.17. The first-order chi connectivity index (χ1) is 8.46. The van der Waals surface area contributed by atoms with E-state index < -0.39 is 36.0 Å². The van der Waals surface area contributed by atoms with Crippen molar-refractivity contribution >= 4 is 17.8 Å². The Morgan fingerprint density at radius 3 is 2.00 bits per heavy atom. The van der Waals surface area contributed by atoms with Crippen molar-refractivity contribution in [3.05, 3.63) is 12.2 Å². The van der Waals surface area contributed by atoms with Crippen LogP contribution in [0, 0.1) is 5.92 Å². The lowest BCUT2D eigenvalue weighted by Crippen LogP contribution is -2.48. The summed E-state index contributed by atoms with van der Waals surface area (Å²) in [5, 5.41) is 1.14. The molecule has 108 valence electrons. The van der Waals surface area contributed by atoms with Crippen LogP contribution in [0.4, 0.5) is 13.2 Å². The lowest BCUT2D eigenvalue weighted by atomic mass is 10.1. The van der Waals surface area contributed by atoms with E-state index in [1.165, 1.54) is 20.8 Å². The summed E-state index contributed by atoms with van der Waals surface area (Å²) in [5.74, 6) is -5.26. The topological polar surface area (TPSA) is 72.5 Å². The maximum atomic E-state index is 12.0. The summed E-state index contributed by atoms with van der Waals surface area (Å²) in [6.07, 6.45) is -6.69. The predicted molar refractivity (Wildman–Crippen MR) is 58.7 cm³/mol. The number of carbonyl (C=O) groups excluding carboxylic acids is 3. The molecule has 0 aromatic carbocycles. The standard InChI is InChI=1S/C11H14F3NO4/c1-5(2)7(19-9(17)6(3)4)8(16)15-10(18)11(12,13)14/h5,7H,3H2,1-2,4H3,(H,15,16,18). The van der Waals surface area contributed by atoms with E-state index in [1.54, 1.807) is 0 Å². The molecule has 19 heavy (non-hydrogen) atoms. The zero-order valence-corrected chi connectivity index (χ0v) is 10.6. The van der Waals surface area contributed by atoms with Crippen molar-refractivity contribution in [2.24, 2.45) is 5.92 Å². The van der Waals surface area contributed by atoms with Crippen molar-refractivity contribution in [2.75, 3.05) is 0 Å². The van der Waals surface area contributed by atoms with Gasteiger partial charge in [0.05, 0.1) is 0 Å². The van der Waals surface area contributed by atoms with Crippen LogP contribution in [0.25, 0.3) is 0 Å². The van der Waals surface area contributed by atoms with E-state index in [-0.39, 0.29) is 5.57 Å². The van der Waals surface area contributed by atoms with Crippen LogP contribution >= 0.6 is 0 Å². The van der Waals surface area contributed by atoms with Crippen LogP contribution in [0.2, 0.25) is 0 Å². The molecule has 1 atom stereocenters. The molecule has 5 nitrogen and oxygen atoms in total. The fourth-order valence-corrected chi connectivity index (χ4v) is 0.962. The number of amides is 2. The first kappa shape index (κ1) is 17.1. The van der Waals surface area contributed by atoms with Gasteiger partial charge in [0.25, 0.3) is 5.91 Å². The highest BCUT2D eigenvalue weighted by Crippen LogP contribution is 2.15. The Bertz CT molecular complexity index is 401. The number of rotatable bonds is 4. The van der Waals surface area contributed by atoms with Crippen LogP contribution in [0.1, 0.15) is 20.8 Å². The highest BCUT2D eigenvalue weighted by molar-refractivity contribution is 6.00. The van der Waals surface area contributed by atoms with Crippen molar-refractivity contribution in [3.8, 4) is 0 Å². The molecule has 8 heteroatoms. The zero-order chi connectivity index (χ0) is 15.4. The molecule has 0 saturated carbocycles. The van der Waals surface area contributed by atoms with E-state index in [1.807, 2.05) is 0 Å². The molecular formula is C11H14F3NO4. The van der Waals surface area contributed by atoms with Gasteiger partial charge >= 0.3 is 18.1 Å². The van der Waals surface area contributed by atoms with Gasteiger partial charge in [-0.3, -0.25) is 14.9 Å². The molecular weight excluding hydrogens is 267 g/mol. The smallest absolute Gasteiger partial charge is 0.449 e. The predicted octanol–water partition coefficient (Wildman–Crippen LogP) is 1.34. The summed E-state index contributed by atoms with van der Waals surface area (Å²) in [7, 11) is 0. The Labute approximate surface area is 107 Å². The first-order valence-electron chi connectivity index (χ1n) is 5.25. The Morgan fingerprint density at radius 2 is 1.68 bits per heavy atom. The number of ether oxygens (including phenoxy) is 1. The van der Waals surface area contributed by atoms with Crippen LogP contribution < -0.4 is 5.32 Å². The number of alkyl halides is 3. The van der Waals surface area contributed by atoms with Crippen LogP contribution in [0.5, 0.6) is 0 Å². The molecule has 0 radical (unpaired) electrons. The van der Waals surface area contributed by atoms with Gasteiger partial charge in [0.2, 0.25) is 0 Å². The van der Waals surface area contributed by atoms with E-state index in [0.29, 0.717) is 0 Å². The summed E-state index contributed by atoms with van der Waals surface area (Å²) in [4.78, 5) is 33.3. The molecule has 0 spiro atoms. The number of imide groups is 1. The number of hydrogen-bond donors (Lipinski definition) is 1. The average molecular weight is 281 g/mol. The van der Waals surface area contributed by atoms with Crippen LogP contribution in [0.15, 0.2) is 12.2 Å². The van der Waals surface area contributed by atoms with Crippen molar-refractivity contribution in [1.29, 1.82) is 0 Å². The number of esters is 1. The minimum absolute atomic E-state index is 0.0133. The third kappa shape index (κ3) is 5.54. The Kier molecular flexibility index (Phi) is 5.73.